The van der Waals surface area contributed by atoms with Crippen molar-refractivity contribution in [3.63, 3.8) is 0 Å². The molecule has 2 unspecified atom stereocenters. The third-order valence-corrected chi connectivity index (χ3v) is 6.31. The Hall–Kier alpha value is -2.89. The van der Waals surface area contributed by atoms with Gasteiger partial charge in [-0.25, -0.2) is 4.39 Å². The van der Waals surface area contributed by atoms with Crippen molar-refractivity contribution in [3.05, 3.63) is 45.3 Å². The molecular formula is C21H23B2Cl2FN5O5. The van der Waals surface area contributed by atoms with E-state index in [0.717, 1.165) is 18.2 Å². The fourth-order valence-corrected chi connectivity index (χ4v) is 4.41. The topological polar surface area (TPSA) is 125 Å². The van der Waals surface area contributed by atoms with Gasteiger partial charge in [0.05, 0.1) is 5.02 Å². The van der Waals surface area contributed by atoms with Gasteiger partial charge in [0.1, 0.15) is 18.1 Å². The van der Waals surface area contributed by atoms with Gasteiger partial charge in [-0.05, 0) is 32.3 Å². The molecule has 0 saturated carbocycles. The number of carbonyl (C=O) groups is 3. The summed E-state index contributed by atoms with van der Waals surface area (Å²) in [7, 11) is 1.46. The number of hydrogen-bond donors (Lipinski definition) is 2. The lowest BCUT2D eigenvalue weighted by molar-refractivity contribution is -0.132. The van der Waals surface area contributed by atoms with E-state index in [1.54, 1.807) is 14.0 Å². The van der Waals surface area contributed by atoms with Gasteiger partial charge < -0.3 is 29.5 Å². The summed E-state index contributed by atoms with van der Waals surface area (Å²) in [6.45, 7) is 3.29. The molecule has 189 valence electrons. The normalized spacial score (nSPS) is 16.2. The molecule has 2 heterocycles. The molecule has 3 rings (SSSR count). The van der Waals surface area contributed by atoms with Crippen LogP contribution in [0.4, 0.5) is 10.2 Å². The molecule has 1 aromatic heterocycles. The molecule has 0 spiro atoms. The maximum absolute atomic E-state index is 14.1. The minimum atomic E-state index is -1.21. The zero-order valence-electron chi connectivity index (χ0n) is 19.7. The van der Waals surface area contributed by atoms with Crippen molar-refractivity contribution in [1.29, 1.82) is 0 Å². The van der Waals surface area contributed by atoms with Crippen molar-refractivity contribution in [3.8, 4) is 5.75 Å². The summed E-state index contributed by atoms with van der Waals surface area (Å²) in [5.41, 5.74) is 0.0403. The van der Waals surface area contributed by atoms with Gasteiger partial charge in [0.25, 0.3) is 5.91 Å². The Kier molecular flexibility index (Phi) is 9.15. The zero-order chi connectivity index (χ0) is 26.6. The van der Waals surface area contributed by atoms with Crippen molar-refractivity contribution in [1.82, 2.24) is 20.4 Å². The quantitative estimate of drug-likeness (QED) is 0.284. The van der Waals surface area contributed by atoms with Crippen LogP contribution >= 0.6 is 23.2 Å². The highest BCUT2D eigenvalue weighted by molar-refractivity contribution is 6.82. The highest BCUT2D eigenvalue weighted by atomic mass is 35.5. The molecule has 0 aliphatic carbocycles. The van der Waals surface area contributed by atoms with Gasteiger partial charge in [-0.2, -0.15) is 0 Å². The molecule has 2 amide bonds. The first-order valence-electron chi connectivity index (χ1n) is 11.0. The van der Waals surface area contributed by atoms with Crippen LogP contribution in [0.5, 0.6) is 5.75 Å². The Morgan fingerprint density at radius 1 is 1.44 bits per heavy atom. The Bertz CT molecular complexity index is 1160. The van der Waals surface area contributed by atoms with Crippen LogP contribution in [0, 0.1) is 5.82 Å². The lowest BCUT2D eigenvalue weighted by atomic mass is 9.73. The number of nitrogens with one attached hydrogen (secondary N) is 1. The van der Waals surface area contributed by atoms with E-state index in [2.05, 4.69) is 15.5 Å². The van der Waals surface area contributed by atoms with Gasteiger partial charge in [0.2, 0.25) is 5.91 Å². The number of benzene rings is 1. The SMILES string of the molecule is CB(O)N([B]C=O)c1nnc(C(=O)NC2CCC(=O)N(C)C2)cc1OC(C)c1c(Cl)ccc(F)c1Cl. The highest BCUT2D eigenvalue weighted by Crippen LogP contribution is 2.37. The van der Waals surface area contributed by atoms with Crippen molar-refractivity contribution < 1.29 is 28.5 Å². The van der Waals surface area contributed by atoms with Gasteiger partial charge in [0.15, 0.2) is 17.3 Å². The molecule has 1 aromatic carbocycles. The van der Waals surface area contributed by atoms with Crippen LogP contribution in [0.1, 0.15) is 41.9 Å². The summed E-state index contributed by atoms with van der Waals surface area (Å²) < 4.78 is 21.1. The molecule has 1 saturated heterocycles. The largest absolute Gasteiger partial charge is 0.482 e. The summed E-state index contributed by atoms with van der Waals surface area (Å²) in [5.74, 6) is -1.39. The van der Waals surface area contributed by atoms with Crippen LogP contribution in [0.3, 0.4) is 0 Å². The predicted molar refractivity (Wildman–Crippen MR) is 134 cm³/mol. The molecule has 1 fully saturated rings. The minimum absolute atomic E-state index is 0.00590. The monoisotopic (exact) mass is 536 g/mol. The standard InChI is InChI=1S/C21H23B2Cl2FN5O5/c1-11(18-13(24)5-6-14(26)19(18)25)36-16-8-15(28-29-20(16)31(22-10-32)23(2)35)21(34)27-12-4-7-17(33)30(3)9-12/h5-6,8,10-12,35H,4,7,9H2,1-3H3,(H,27,34). The van der Waals surface area contributed by atoms with Gasteiger partial charge in [-0.1, -0.05) is 23.2 Å². The first kappa shape index (κ1) is 27.7. The number of anilines is 1. The van der Waals surface area contributed by atoms with E-state index in [9.17, 15) is 23.8 Å². The molecule has 2 aromatic rings. The Labute approximate surface area is 218 Å². The van der Waals surface area contributed by atoms with Gasteiger partial charge in [-0.3, -0.25) is 9.59 Å². The summed E-state index contributed by atoms with van der Waals surface area (Å²) in [6, 6.07) is 3.44. The molecule has 1 aliphatic rings. The van der Waals surface area contributed by atoms with Gasteiger partial charge >= 0.3 is 14.5 Å². The van der Waals surface area contributed by atoms with E-state index in [-0.39, 0.29) is 44.8 Å². The van der Waals surface area contributed by atoms with E-state index >= 15 is 0 Å². The molecule has 10 nitrogen and oxygen atoms in total. The van der Waals surface area contributed by atoms with Crippen LogP contribution < -0.4 is 14.8 Å². The Balaban J connectivity index is 1.95. The van der Waals surface area contributed by atoms with Gasteiger partial charge in [-0.15, -0.1) is 10.2 Å². The second kappa shape index (κ2) is 11.9. The molecular weight excluding hydrogens is 514 g/mol. The van der Waals surface area contributed by atoms with E-state index in [1.165, 1.54) is 23.9 Å². The molecule has 2 atom stereocenters. The number of halogens is 3. The summed E-state index contributed by atoms with van der Waals surface area (Å²) in [5, 5.41) is 20.8. The van der Waals surface area contributed by atoms with Crippen molar-refractivity contribution in [2.75, 3.05) is 18.3 Å². The first-order valence-corrected chi connectivity index (χ1v) is 11.8. The smallest absolute Gasteiger partial charge is 0.397 e. The maximum atomic E-state index is 14.1. The number of carbonyl (C=O) groups excluding carboxylic acids is 3. The summed E-state index contributed by atoms with van der Waals surface area (Å²) in [6.07, 6.45) is 0.285. The molecule has 15 heteroatoms. The predicted octanol–water partition coefficient (Wildman–Crippen LogP) is 2.14. The van der Waals surface area contributed by atoms with Gasteiger partial charge in [0, 0.05) is 42.7 Å². The lowest BCUT2D eigenvalue weighted by Gasteiger charge is -2.30. The number of piperidine rings is 1. The zero-order valence-corrected chi connectivity index (χ0v) is 21.3. The van der Waals surface area contributed by atoms with Crippen molar-refractivity contribution in [2.24, 2.45) is 0 Å². The third-order valence-electron chi connectivity index (χ3n) is 5.59. The molecule has 0 bridgehead atoms. The Morgan fingerprint density at radius 3 is 2.81 bits per heavy atom. The van der Waals surface area contributed by atoms with E-state index < -0.39 is 24.9 Å². The van der Waals surface area contributed by atoms with Crippen LogP contribution in [-0.4, -0.2) is 72.2 Å². The fourth-order valence-electron chi connectivity index (χ4n) is 3.74. The Morgan fingerprint density at radius 2 is 2.17 bits per heavy atom. The number of ether oxygens (including phenoxy) is 1. The number of likely N-dealkylation sites (N-methyl/N-ethyl adjacent to an activating group) is 1. The highest BCUT2D eigenvalue weighted by Gasteiger charge is 2.29. The number of hydrogen-bond acceptors (Lipinski definition) is 8. The van der Waals surface area contributed by atoms with Crippen LogP contribution in [-0.2, 0) is 9.59 Å². The number of amides is 2. The summed E-state index contributed by atoms with van der Waals surface area (Å²) >= 11 is 12.3. The average Bonchev–Trinajstić information content (AvgIpc) is 2.82. The van der Waals surface area contributed by atoms with Crippen LogP contribution in [0.2, 0.25) is 16.9 Å². The van der Waals surface area contributed by atoms with Crippen LogP contribution in [0.25, 0.3) is 0 Å². The van der Waals surface area contributed by atoms with E-state index in [0.29, 0.717) is 25.6 Å². The first-order chi connectivity index (χ1) is 17.0. The van der Waals surface area contributed by atoms with E-state index in [1.807, 2.05) is 0 Å². The maximum Gasteiger partial charge on any atom is 0.397 e. The third kappa shape index (κ3) is 6.26. The number of aromatic nitrogens is 2. The molecule has 2 N–H and O–H groups in total. The average molecular weight is 537 g/mol. The second-order valence-electron chi connectivity index (χ2n) is 8.24. The number of likely N-dealkylation sites (tertiary alicyclic amines) is 1. The van der Waals surface area contributed by atoms with Crippen molar-refractivity contribution >= 4 is 61.5 Å². The second-order valence-corrected chi connectivity index (χ2v) is 9.03. The minimum Gasteiger partial charge on any atom is -0.482 e. The fraction of sp³-hybridized carbons (Fsp3) is 0.381. The summed E-state index contributed by atoms with van der Waals surface area (Å²) in [4.78, 5) is 37.3. The van der Waals surface area contributed by atoms with Crippen LogP contribution in [0.15, 0.2) is 18.2 Å². The molecule has 1 aliphatic heterocycles. The van der Waals surface area contributed by atoms with Crippen molar-refractivity contribution in [2.45, 2.75) is 38.7 Å². The van der Waals surface area contributed by atoms with E-state index in [4.69, 9.17) is 27.9 Å². The molecule has 36 heavy (non-hydrogen) atoms. The number of rotatable bonds is 9. The molecule has 1 radical (unpaired) electrons. The lowest BCUT2D eigenvalue weighted by Crippen LogP contribution is -2.48. The number of nitrogens with zero attached hydrogens (tertiary/aromatic N) is 4.